The number of benzene rings is 2. The van der Waals surface area contributed by atoms with Gasteiger partial charge in [0, 0.05) is 16.8 Å². The first kappa shape index (κ1) is 24.3. The number of halogens is 4. The van der Waals surface area contributed by atoms with Gasteiger partial charge in [-0.3, -0.25) is 9.20 Å². The van der Waals surface area contributed by atoms with Crippen LogP contribution < -0.4 is 5.32 Å². The smallest absolute Gasteiger partial charge is 0.475 e. The van der Waals surface area contributed by atoms with E-state index in [1.165, 1.54) is 0 Å². The van der Waals surface area contributed by atoms with Crippen molar-refractivity contribution in [1.82, 2.24) is 14.7 Å². The number of pyridine rings is 1. The third-order valence-corrected chi connectivity index (χ3v) is 5.75. The minimum atomic E-state index is -5.08. The van der Waals surface area contributed by atoms with Gasteiger partial charge in [-0.05, 0) is 42.7 Å². The van der Waals surface area contributed by atoms with Gasteiger partial charge in [0.05, 0.1) is 11.1 Å². The van der Waals surface area contributed by atoms with Crippen LogP contribution in [-0.2, 0) is 10.3 Å². The van der Waals surface area contributed by atoms with Crippen LogP contribution in [0.3, 0.4) is 0 Å². The molecule has 2 aromatic carbocycles. The molecule has 0 radical (unpaired) electrons. The lowest BCUT2D eigenvalue weighted by Crippen LogP contribution is -2.35. The van der Waals surface area contributed by atoms with Gasteiger partial charge in [-0.25, -0.2) is 9.78 Å². The van der Waals surface area contributed by atoms with Crippen LogP contribution >= 0.6 is 11.6 Å². The first-order valence-corrected chi connectivity index (χ1v) is 10.9. The second kappa shape index (κ2) is 9.42. The fraction of sp³-hybridized carbons (Fsp3) is 0.160. The summed E-state index contributed by atoms with van der Waals surface area (Å²) in [4.78, 5) is 26.8. The number of carboxylic acids is 1. The molecule has 1 saturated carbocycles. The Morgan fingerprint density at radius 1 is 1.00 bits per heavy atom. The van der Waals surface area contributed by atoms with E-state index in [1.54, 1.807) is 0 Å². The van der Waals surface area contributed by atoms with Crippen molar-refractivity contribution >= 4 is 29.0 Å². The lowest BCUT2D eigenvalue weighted by molar-refractivity contribution is -0.192. The molecule has 0 saturated heterocycles. The number of amides is 1. The summed E-state index contributed by atoms with van der Waals surface area (Å²) < 4.78 is 33.7. The van der Waals surface area contributed by atoms with Crippen molar-refractivity contribution in [2.45, 2.75) is 24.6 Å². The monoisotopic (exact) mass is 501 g/mol. The Balaban J connectivity index is 0.000000364. The van der Waals surface area contributed by atoms with Gasteiger partial charge in [-0.15, -0.1) is 0 Å². The van der Waals surface area contributed by atoms with Gasteiger partial charge in [0.2, 0.25) is 0 Å². The highest BCUT2D eigenvalue weighted by molar-refractivity contribution is 6.30. The van der Waals surface area contributed by atoms with Crippen LogP contribution in [0.4, 0.5) is 13.2 Å². The molecule has 0 aliphatic heterocycles. The second-order valence-electron chi connectivity index (χ2n) is 7.96. The molecule has 2 heterocycles. The summed E-state index contributed by atoms with van der Waals surface area (Å²) >= 11 is 6.16. The number of rotatable bonds is 4. The lowest BCUT2D eigenvalue weighted by Gasteiger charge is -2.17. The standard InChI is InChI=1S/C23H18ClN3O.C2HF3O2/c24-18-10-6-7-16(15-18)21-25-20(19-11-4-5-14-27(19)21)22(28)26-23(12-13-23)17-8-2-1-3-9-17;3-2(4,5)1(6)7/h1-11,14-15H,12-13H2,(H,26,28);(H,6,7). The Hall–Kier alpha value is -3.85. The van der Waals surface area contributed by atoms with E-state index in [0.717, 1.165) is 29.5 Å². The molecule has 10 heteroatoms. The van der Waals surface area contributed by atoms with Gasteiger partial charge >= 0.3 is 12.1 Å². The predicted octanol–water partition coefficient (Wildman–Crippen LogP) is 5.71. The van der Waals surface area contributed by atoms with Crippen LogP contribution in [0.5, 0.6) is 0 Å². The number of aromatic nitrogens is 2. The Kier molecular flexibility index (Phi) is 6.53. The molecule has 35 heavy (non-hydrogen) atoms. The van der Waals surface area contributed by atoms with Crippen molar-refractivity contribution in [3.05, 3.63) is 95.3 Å². The molecule has 0 spiro atoms. The van der Waals surface area contributed by atoms with Crippen LogP contribution in [0, 0.1) is 0 Å². The van der Waals surface area contributed by atoms with E-state index >= 15 is 0 Å². The molecule has 1 fully saturated rings. The van der Waals surface area contributed by atoms with E-state index in [4.69, 9.17) is 26.5 Å². The Labute approximate surface area is 203 Å². The van der Waals surface area contributed by atoms with E-state index in [2.05, 4.69) is 17.4 Å². The second-order valence-corrected chi connectivity index (χ2v) is 8.39. The number of hydrogen-bond acceptors (Lipinski definition) is 3. The van der Waals surface area contributed by atoms with Gasteiger partial charge < -0.3 is 10.4 Å². The first-order valence-electron chi connectivity index (χ1n) is 10.5. The number of carbonyl (C=O) groups excluding carboxylic acids is 1. The molecule has 2 N–H and O–H groups in total. The van der Waals surface area contributed by atoms with Crippen molar-refractivity contribution < 1.29 is 27.9 Å². The highest BCUT2D eigenvalue weighted by Gasteiger charge is 2.46. The summed E-state index contributed by atoms with van der Waals surface area (Å²) in [6, 6.07) is 23.4. The number of imidazole rings is 1. The third-order valence-electron chi connectivity index (χ3n) is 5.52. The van der Waals surface area contributed by atoms with E-state index in [9.17, 15) is 18.0 Å². The number of nitrogens with zero attached hydrogens (tertiary/aromatic N) is 2. The molecule has 1 aliphatic rings. The van der Waals surface area contributed by atoms with E-state index in [-0.39, 0.29) is 11.4 Å². The SMILES string of the molecule is O=C(NC1(c2ccccc2)CC1)c1nc(-c2cccc(Cl)c2)n2ccccc12.O=C(O)C(F)(F)F. The zero-order valence-corrected chi connectivity index (χ0v) is 18.8. The zero-order chi connectivity index (χ0) is 25.2. The van der Waals surface area contributed by atoms with Gasteiger partial charge in [-0.2, -0.15) is 13.2 Å². The molecule has 4 aromatic rings. The van der Waals surface area contributed by atoms with E-state index in [1.807, 2.05) is 71.3 Å². The molecule has 5 rings (SSSR count). The molecule has 1 amide bonds. The molecule has 0 atom stereocenters. The normalized spacial score (nSPS) is 14.1. The van der Waals surface area contributed by atoms with Crippen LogP contribution in [-0.4, -0.2) is 32.5 Å². The minimum Gasteiger partial charge on any atom is -0.475 e. The Morgan fingerprint density at radius 3 is 2.26 bits per heavy atom. The van der Waals surface area contributed by atoms with Gasteiger partial charge in [0.25, 0.3) is 5.91 Å². The van der Waals surface area contributed by atoms with Crippen molar-refractivity contribution in [3.8, 4) is 11.4 Å². The zero-order valence-electron chi connectivity index (χ0n) is 18.1. The molecule has 2 aromatic heterocycles. The van der Waals surface area contributed by atoms with Gasteiger partial charge in [0.1, 0.15) is 5.82 Å². The highest BCUT2D eigenvalue weighted by atomic mass is 35.5. The molecule has 0 bridgehead atoms. The first-order chi connectivity index (χ1) is 16.6. The number of fused-ring (bicyclic) bond motifs is 1. The Bertz CT molecular complexity index is 1380. The number of carboxylic acid groups (broad SMARTS) is 1. The van der Waals surface area contributed by atoms with E-state index in [0.29, 0.717) is 16.5 Å². The average Bonchev–Trinajstić information content (AvgIpc) is 3.50. The van der Waals surface area contributed by atoms with Gasteiger partial charge in [-0.1, -0.05) is 60.1 Å². The number of alkyl halides is 3. The van der Waals surface area contributed by atoms with Crippen LogP contribution in [0.1, 0.15) is 28.9 Å². The number of carbonyl (C=O) groups is 2. The van der Waals surface area contributed by atoms with Crippen LogP contribution in [0.25, 0.3) is 16.9 Å². The summed E-state index contributed by atoms with van der Waals surface area (Å²) in [5.74, 6) is -2.21. The van der Waals surface area contributed by atoms with Gasteiger partial charge in [0.15, 0.2) is 5.69 Å². The third kappa shape index (κ3) is 5.30. The maximum atomic E-state index is 13.2. The van der Waals surface area contributed by atoms with Crippen LogP contribution in [0.15, 0.2) is 79.0 Å². The molecule has 180 valence electrons. The number of hydrogen-bond donors (Lipinski definition) is 2. The summed E-state index contributed by atoms with van der Waals surface area (Å²) in [6.45, 7) is 0. The van der Waals surface area contributed by atoms with Crippen molar-refractivity contribution in [3.63, 3.8) is 0 Å². The fourth-order valence-corrected chi connectivity index (χ4v) is 3.87. The summed E-state index contributed by atoms with van der Waals surface area (Å²) in [5.41, 5.74) is 2.94. The highest BCUT2D eigenvalue weighted by Crippen LogP contribution is 2.45. The van der Waals surface area contributed by atoms with E-state index < -0.39 is 12.1 Å². The maximum absolute atomic E-state index is 13.2. The van der Waals surface area contributed by atoms with Crippen molar-refractivity contribution in [2.75, 3.05) is 0 Å². The maximum Gasteiger partial charge on any atom is 0.490 e. The summed E-state index contributed by atoms with van der Waals surface area (Å²) in [6.07, 6.45) is -1.29. The summed E-state index contributed by atoms with van der Waals surface area (Å²) in [5, 5.41) is 11.0. The number of nitrogens with one attached hydrogen (secondary N) is 1. The van der Waals surface area contributed by atoms with Crippen molar-refractivity contribution in [2.24, 2.45) is 0 Å². The minimum absolute atomic E-state index is 0.154. The predicted molar refractivity (Wildman–Crippen MR) is 124 cm³/mol. The lowest BCUT2D eigenvalue weighted by atomic mass is 10.0. The largest absolute Gasteiger partial charge is 0.490 e. The van der Waals surface area contributed by atoms with Crippen molar-refractivity contribution in [1.29, 1.82) is 0 Å². The molecule has 1 aliphatic carbocycles. The molecule has 6 nitrogen and oxygen atoms in total. The molecular formula is C25H19ClF3N3O3. The fourth-order valence-electron chi connectivity index (χ4n) is 3.68. The summed E-state index contributed by atoms with van der Waals surface area (Å²) in [7, 11) is 0. The molecule has 0 unspecified atom stereocenters. The Morgan fingerprint density at radius 2 is 1.66 bits per heavy atom. The average molecular weight is 502 g/mol. The topological polar surface area (TPSA) is 83.7 Å². The quantitative estimate of drug-likeness (QED) is 0.375. The molecular weight excluding hydrogens is 483 g/mol. The van der Waals surface area contributed by atoms with Crippen LogP contribution in [0.2, 0.25) is 5.02 Å². The number of aliphatic carboxylic acids is 1.